The molecule has 0 spiro atoms. The summed E-state index contributed by atoms with van der Waals surface area (Å²) in [5.74, 6) is 1.28. The maximum Gasteiger partial charge on any atom is 0.191 e. The highest BCUT2D eigenvalue weighted by Gasteiger charge is 2.09. The van der Waals surface area contributed by atoms with Crippen LogP contribution in [0.25, 0.3) is 0 Å². The van der Waals surface area contributed by atoms with Crippen molar-refractivity contribution in [1.29, 1.82) is 0 Å². The standard InChI is InChI=1S/C22H29FN4O2.HI/c1-24-22(25-16-18-4-2-6-20(23)14-18)26-17-19-5-3-7-21(15-19)29-13-10-27-8-11-28-12-9-27;/h2-7,14-15H,8-13,16-17H2,1H3,(H2,24,25,26);1H. The highest BCUT2D eigenvalue weighted by atomic mass is 127. The fourth-order valence-corrected chi connectivity index (χ4v) is 3.10. The van der Waals surface area contributed by atoms with Gasteiger partial charge in [0.1, 0.15) is 18.2 Å². The van der Waals surface area contributed by atoms with Crippen molar-refractivity contribution >= 4 is 29.9 Å². The molecule has 0 aromatic heterocycles. The Kier molecular flexibility index (Phi) is 10.9. The smallest absolute Gasteiger partial charge is 0.191 e. The Labute approximate surface area is 194 Å². The van der Waals surface area contributed by atoms with Gasteiger partial charge in [0.05, 0.1) is 13.2 Å². The van der Waals surface area contributed by atoms with Gasteiger partial charge >= 0.3 is 0 Å². The molecule has 0 radical (unpaired) electrons. The monoisotopic (exact) mass is 528 g/mol. The van der Waals surface area contributed by atoms with E-state index in [2.05, 4.69) is 20.5 Å². The minimum absolute atomic E-state index is 0. The molecule has 0 aliphatic carbocycles. The average molecular weight is 528 g/mol. The highest BCUT2D eigenvalue weighted by Crippen LogP contribution is 2.13. The molecule has 2 aromatic carbocycles. The van der Waals surface area contributed by atoms with Gasteiger partial charge in [0.25, 0.3) is 0 Å². The molecular weight excluding hydrogens is 498 g/mol. The summed E-state index contributed by atoms with van der Waals surface area (Å²) in [4.78, 5) is 6.57. The first kappa shape index (κ1) is 24.4. The van der Waals surface area contributed by atoms with Crippen LogP contribution < -0.4 is 15.4 Å². The summed E-state index contributed by atoms with van der Waals surface area (Å²) in [6.07, 6.45) is 0. The number of hydrogen-bond acceptors (Lipinski definition) is 4. The van der Waals surface area contributed by atoms with Crippen LogP contribution in [0.15, 0.2) is 53.5 Å². The van der Waals surface area contributed by atoms with Crippen LogP contribution in [0, 0.1) is 5.82 Å². The maximum absolute atomic E-state index is 13.3. The van der Waals surface area contributed by atoms with Crippen LogP contribution in [0.5, 0.6) is 5.75 Å². The van der Waals surface area contributed by atoms with Crippen molar-refractivity contribution in [3.05, 3.63) is 65.5 Å². The second kappa shape index (κ2) is 13.4. The molecule has 0 atom stereocenters. The quantitative estimate of drug-likeness (QED) is 0.314. The normalized spacial score (nSPS) is 14.7. The molecule has 0 bridgehead atoms. The van der Waals surface area contributed by atoms with E-state index in [0.29, 0.717) is 25.7 Å². The molecule has 1 aliphatic heterocycles. The third-order valence-corrected chi connectivity index (χ3v) is 4.71. The first-order chi connectivity index (χ1) is 14.2. The average Bonchev–Trinajstić information content (AvgIpc) is 2.75. The second-order valence-corrected chi connectivity index (χ2v) is 6.86. The van der Waals surface area contributed by atoms with Gasteiger partial charge in [-0.2, -0.15) is 0 Å². The number of guanidine groups is 1. The molecule has 1 aliphatic rings. The van der Waals surface area contributed by atoms with E-state index in [1.165, 1.54) is 12.1 Å². The van der Waals surface area contributed by atoms with E-state index in [1.807, 2.05) is 30.3 Å². The molecule has 2 N–H and O–H groups in total. The van der Waals surface area contributed by atoms with Gasteiger partial charge in [-0.1, -0.05) is 24.3 Å². The van der Waals surface area contributed by atoms with Crippen molar-refractivity contribution in [3.63, 3.8) is 0 Å². The number of benzene rings is 2. The van der Waals surface area contributed by atoms with Crippen molar-refractivity contribution in [2.45, 2.75) is 13.1 Å². The summed E-state index contributed by atoms with van der Waals surface area (Å²) in [5.41, 5.74) is 1.96. The van der Waals surface area contributed by atoms with Gasteiger partial charge in [-0.25, -0.2) is 4.39 Å². The Morgan fingerprint density at radius 3 is 2.40 bits per heavy atom. The Morgan fingerprint density at radius 1 is 1.07 bits per heavy atom. The van der Waals surface area contributed by atoms with Crippen LogP contribution >= 0.6 is 24.0 Å². The van der Waals surface area contributed by atoms with Crippen LogP contribution in [0.1, 0.15) is 11.1 Å². The van der Waals surface area contributed by atoms with Gasteiger partial charge in [-0.3, -0.25) is 9.89 Å². The van der Waals surface area contributed by atoms with Gasteiger partial charge in [0.15, 0.2) is 5.96 Å². The van der Waals surface area contributed by atoms with Crippen molar-refractivity contribution in [3.8, 4) is 5.75 Å². The molecule has 30 heavy (non-hydrogen) atoms. The van der Waals surface area contributed by atoms with Crippen molar-refractivity contribution in [2.75, 3.05) is 46.5 Å². The molecule has 164 valence electrons. The van der Waals surface area contributed by atoms with E-state index in [9.17, 15) is 4.39 Å². The molecule has 0 amide bonds. The molecule has 6 nitrogen and oxygen atoms in total. The van der Waals surface area contributed by atoms with E-state index in [1.54, 1.807) is 13.1 Å². The predicted molar refractivity (Wildman–Crippen MR) is 128 cm³/mol. The lowest BCUT2D eigenvalue weighted by Crippen LogP contribution is -2.38. The summed E-state index contributed by atoms with van der Waals surface area (Å²) in [7, 11) is 1.71. The van der Waals surface area contributed by atoms with E-state index in [-0.39, 0.29) is 29.8 Å². The molecular formula is C22H30FIN4O2. The van der Waals surface area contributed by atoms with Gasteiger partial charge in [-0.05, 0) is 35.4 Å². The van der Waals surface area contributed by atoms with Gasteiger partial charge in [0.2, 0.25) is 0 Å². The zero-order chi connectivity index (χ0) is 20.3. The summed E-state index contributed by atoms with van der Waals surface area (Å²) in [5, 5.41) is 6.47. The summed E-state index contributed by atoms with van der Waals surface area (Å²) < 4.78 is 24.6. The lowest BCUT2D eigenvalue weighted by molar-refractivity contribution is 0.0322. The summed E-state index contributed by atoms with van der Waals surface area (Å²) in [6.45, 7) is 6.22. The Hall–Kier alpha value is -1.91. The molecule has 0 saturated carbocycles. The topological polar surface area (TPSA) is 58.1 Å². The number of nitrogens with zero attached hydrogens (tertiary/aromatic N) is 2. The van der Waals surface area contributed by atoms with Crippen molar-refractivity contribution in [2.24, 2.45) is 4.99 Å². The second-order valence-electron chi connectivity index (χ2n) is 6.86. The largest absolute Gasteiger partial charge is 0.492 e. The minimum Gasteiger partial charge on any atom is -0.492 e. The number of morpholine rings is 1. The molecule has 1 heterocycles. The van der Waals surface area contributed by atoms with Crippen LogP contribution in [-0.2, 0) is 17.8 Å². The van der Waals surface area contributed by atoms with Crippen LogP contribution in [0.4, 0.5) is 4.39 Å². The SMILES string of the molecule is CN=C(NCc1cccc(F)c1)NCc1cccc(OCCN2CCOCC2)c1.I. The van der Waals surface area contributed by atoms with Gasteiger partial charge < -0.3 is 20.1 Å². The lowest BCUT2D eigenvalue weighted by Gasteiger charge is -2.26. The number of halogens is 2. The molecule has 0 unspecified atom stereocenters. The maximum atomic E-state index is 13.3. The fourth-order valence-electron chi connectivity index (χ4n) is 3.10. The molecule has 2 aromatic rings. The van der Waals surface area contributed by atoms with Crippen LogP contribution in [0.2, 0.25) is 0 Å². The van der Waals surface area contributed by atoms with Crippen molar-refractivity contribution < 1.29 is 13.9 Å². The van der Waals surface area contributed by atoms with Crippen LogP contribution in [0.3, 0.4) is 0 Å². The zero-order valence-corrected chi connectivity index (χ0v) is 19.6. The van der Waals surface area contributed by atoms with Crippen molar-refractivity contribution in [1.82, 2.24) is 15.5 Å². The van der Waals surface area contributed by atoms with E-state index >= 15 is 0 Å². The first-order valence-corrected chi connectivity index (χ1v) is 9.94. The lowest BCUT2D eigenvalue weighted by atomic mass is 10.2. The first-order valence-electron chi connectivity index (χ1n) is 9.94. The fraction of sp³-hybridized carbons (Fsp3) is 0.409. The zero-order valence-electron chi connectivity index (χ0n) is 17.3. The molecule has 1 saturated heterocycles. The number of rotatable bonds is 8. The van der Waals surface area contributed by atoms with Gasteiger partial charge in [-0.15, -0.1) is 24.0 Å². The molecule has 8 heteroatoms. The third kappa shape index (κ3) is 8.45. The third-order valence-electron chi connectivity index (χ3n) is 4.71. The predicted octanol–water partition coefficient (Wildman–Crippen LogP) is 3.02. The Morgan fingerprint density at radius 2 is 1.73 bits per heavy atom. The molecule has 3 rings (SSSR count). The Balaban J connectivity index is 0.00000320. The number of ether oxygens (including phenoxy) is 2. The summed E-state index contributed by atoms with van der Waals surface area (Å²) in [6, 6.07) is 14.6. The number of nitrogens with one attached hydrogen (secondary N) is 2. The van der Waals surface area contributed by atoms with E-state index in [4.69, 9.17) is 9.47 Å². The highest BCUT2D eigenvalue weighted by molar-refractivity contribution is 14.0. The minimum atomic E-state index is -0.238. The Bertz CT molecular complexity index is 800. The van der Waals surface area contributed by atoms with Gasteiger partial charge in [0, 0.05) is 39.8 Å². The van der Waals surface area contributed by atoms with E-state index in [0.717, 1.165) is 49.7 Å². The molecule has 1 fully saturated rings. The number of hydrogen-bond donors (Lipinski definition) is 2. The van der Waals surface area contributed by atoms with Crippen LogP contribution in [-0.4, -0.2) is 57.4 Å². The summed E-state index contributed by atoms with van der Waals surface area (Å²) >= 11 is 0. The van der Waals surface area contributed by atoms with E-state index < -0.39 is 0 Å². The number of aliphatic imine (C=N–C) groups is 1.